The van der Waals surface area contributed by atoms with E-state index < -0.39 is 17.6 Å². The third-order valence-corrected chi connectivity index (χ3v) is 10.1. The maximum atomic E-state index is 13.8. The van der Waals surface area contributed by atoms with Gasteiger partial charge in [-0.05, 0) is 73.8 Å². The minimum Gasteiger partial charge on any atom is -0.465 e. The molecule has 2 fully saturated rings. The van der Waals surface area contributed by atoms with Gasteiger partial charge in [-0.15, -0.1) is 0 Å². The van der Waals surface area contributed by atoms with Crippen LogP contribution < -0.4 is 15.5 Å². The number of carbonyl (C=O) groups excluding carboxylic acids is 4. The van der Waals surface area contributed by atoms with Gasteiger partial charge in [0.05, 0.1) is 43.7 Å². The molecule has 6 rings (SSSR count). The summed E-state index contributed by atoms with van der Waals surface area (Å²) in [6.45, 7) is 12.1. The second kappa shape index (κ2) is 21.1. The minimum absolute atomic E-state index is 0.0847. The molecule has 0 radical (unpaired) electrons. The van der Waals surface area contributed by atoms with Crippen molar-refractivity contribution in [2.75, 3.05) is 88.9 Å². The number of likely N-dealkylation sites (N-methyl/N-ethyl adjacent to an activating group) is 2. The predicted molar refractivity (Wildman–Crippen MR) is 217 cm³/mol. The van der Waals surface area contributed by atoms with E-state index in [4.69, 9.17) is 5.73 Å². The predicted octanol–water partition coefficient (Wildman–Crippen LogP) is 4.90. The van der Waals surface area contributed by atoms with Crippen LogP contribution in [0, 0.1) is 11.6 Å². The lowest BCUT2D eigenvalue weighted by Crippen LogP contribution is -2.52. The highest BCUT2D eigenvalue weighted by molar-refractivity contribution is 5.97. The number of pyridine rings is 2. The molecule has 0 unspecified atom stereocenters. The lowest BCUT2D eigenvalue weighted by molar-refractivity contribution is 0.0600. The van der Waals surface area contributed by atoms with Crippen LogP contribution in [-0.4, -0.2) is 132 Å². The third kappa shape index (κ3) is 11.6. The van der Waals surface area contributed by atoms with E-state index in [9.17, 15) is 28.0 Å². The van der Waals surface area contributed by atoms with Crippen molar-refractivity contribution in [3.63, 3.8) is 0 Å². The fraction of sp³-hybridized carbons (Fsp3) is 0.381. The van der Waals surface area contributed by atoms with Crippen molar-refractivity contribution in [3.05, 3.63) is 119 Å². The van der Waals surface area contributed by atoms with E-state index >= 15 is 0 Å². The molecule has 2 aliphatic heterocycles. The van der Waals surface area contributed by atoms with Crippen molar-refractivity contribution in [1.29, 1.82) is 0 Å². The highest BCUT2D eigenvalue weighted by Gasteiger charge is 2.28. The van der Waals surface area contributed by atoms with Crippen LogP contribution in [-0.2, 0) is 17.8 Å². The van der Waals surface area contributed by atoms with Gasteiger partial charge in [-0.25, -0.2) is 23.2 Å². The van der Waals surface area contributed by atoms with Gasteiger partial charge < -0.3 is 30.1 Å². The van der Waals surface area contributed by atoms with E-state index in [0.29, 0.717) is 60.1 Å². The first kappa shape index (κ1) is 43.3. The summed E-state index contributed by atoms with van der Waals surface area (Å²) in [5, 5.41) is 0. The van der Waals surface area contributed by atoms with Crippen molar-refractivity contribution in [3.8, 4) is 0 Å². The van der Waals surface area contributed by atoms with Crippen LogP contribution in [0.3, 0.4) is 0 Å². The fourth-order valence-corrected chi connectivity index (χ4v) is 6.56. The monoisotopic (exact) mass is 799 g/mol. The Morgan fingerprint density at radius 1 is 0.655 bits per heavy atom. The molecule has 2 N–H and O–H groups in total. The second-order valence-corrected chi connectivity index (χ2v) is 13.7. The number of carbonyl (C=O) groups is 4. The highest BCUT2D eigenvalue weighted by atomic mass is 19.1. The molecule has 2 aromatic carbocycles. The number of ketones is 1. The number of hydrogen-bond acceptors (Lipinski definition) is 10. The normalized spacial score (nSPS) is 14.6. The van der Waals surface area contributed by atoms with Gasteiger partial charge in [-0.1, -0.05) is 26.0 Å². The van der Waals surface area contributed by atoms with Gasteiger partial charge in [0.25, 0.3) is 0 Å². The van der Waals surface area contributed by atoms with E-state index in [2.05, 4.69) is 38.4 Å². The highest BCUT2D eigenvalue weighted by Crippen LogP contribution is 2.23. The van der Waals surface area contributed by atoms with Gasteiger partial charge in [-0.2, -0.15) is 0 Å². The van der Waals surface area contributed by atoms with Crippen LogP contribution in [0.15, 0.2) is 85.2 Å². The number of aromatic nitrogens is 2. The summed E-state index contributed by atoms with van der Waals surface area (Å²) < 4.78 is 32.3. The first-order valence-corrected chi connectivity index (χ1v) is 19.3. The molecule has 0 aliphatic carbocycles. The Morgan fingerprint density at radius 2 is 1.09 bits per heavy atom. The van der Waals surface area contributed by atoms with Gasteiger partial charge in [-0.3, -0.25) is 24.6 Å². The van der Waals surface area contributed by atoms with Gasteiger partial charge in [0, 0.05) is 81.7 Å². The standard InChI is InChI=1S/C21H26FN5O2.C21H25FN4O3/c1-2-25-8-10-26(11-9-25)21(29)27(19-5-3-4-17(22)12-19)15-18-7-6-16(14-24-18)20(28)13-23;1-3-24-9-11-25(12-10-24)21(28)26(19-6-4-5-17(22)13-19)15-18-8-7-16(14-23-18)20(27)29-2/h3-7,12,14H,2,8-11,13,15,23H2,1H3;4-8,13-14H,3,9-12,15H2,1-2H3. The number of nitrogens with zero attached hydrogens (tertiary/aromatic N) is 8. The molecule has 58 heavy (non-hydrogen) atoms. The number of hydrogen-bond donors (Lipinski definition) is 1. The lowest BCUT2D eigenvalue weighted by Gasteiger charge is -2.37. The molecular weight excluding hydrogens is 749 g/mol. The van der Waals surface area contributed by atoms with Gasteiger partial charge in [0.1, 0.15) is 11.6 Å². The topological polar surface area (TPSA) is 149 Å². The molecule has 4 heterocycles. The quantitative estimate of drug-likeness (QED) is 0.164. The minimum atomic E-state index is -0.476. The Balaban J connectivity index is 0.000000221. The zero-order valence-corrected chi connectivity index (χ0v) is 33.2. The number of nitrogens with two attached hydrogens (primary N) is 1. The number of Topliss-reactive ketones (excluding diaryl/α,β-unsaturated/α-hetero) is 1. The summed E-state index contributed by atoms with van der Waals surface area (Å²) in [5.74, 6) is -1.50. The van der Waals surface area contributed by atoms with E-state index in [0.717, 1.165) is 39.3 Å². The molecule has 2 aromatic heterocycles. The van der Waals surface area contributed by atoms with Crippen LogP contribution in [0.5, 0.6) is 0 Å². The Morgan fingerprint density at radius 3 is 1.43 bits per heavy atom. The molecule has 4 aromatic rings. The molecule has 14 nitrogen and oxygen atoms in total. The summed E-state index contributed by atoms with van der Waals surface area (Å²) in [6, 6.07) is 18.2. The largest absolute Gasteiger partial charge is 0.465 e. The molecule has 308 valence electrons. The number of benzene rings is 2. The van der Waals surface area contributed by atoms with Crippen LogP contribution in [0.25, 0.3) is 0 Å². The number of anilines is 2. The third-order valence-electron chi connectivity index (χ3n) is 10.1. The average molecular weight is 800 g/mol. The Kier molecular flexibility index (Phi) is 15.7. The maximum absolute atomic E-state index is 13.8. The molecule has 0 bridgehead atoms. The average Bonchev–Trinajstić information content (AvgIpc) is 3.27. The fourth-order valence-electron chi connectivity index (χ4n) is 6.56. The summed E-state index contributed by atoms with van der Waals surface area (Å²) in [6.07, 6.45) is 2.87. The van der Waals surface area contributed by atoms with Crippen molar-refractivity contribution >= 4 is 35.2 Å². The van der Waals surface area contributed by atoms with Crippen LogP contribution in [0.4, 0.5) is 29.7 Å². The van der Waals surface area contributed by atoms with Crippen LogP contribution in [0.1, 0.15) is 46.0 Å². The zero-order chi connectivity index (χ0) is 41.6. The van der Waals surface area contributed by atoms with Crippen molar-refractivity contribution < 1.29 is 32.7 Å². The molecule has 4 amide bonds. The summed E-state index contributed by atoms with van der Waals surface area (Å²) in [5.41, 5.74) is 8.26. The van der Waals surface area contributed by atoms with Gasteiger partial charge >= 0.3 is 18.0 Å². The SMILES string of the molecule is CCN1CCN(C(=O)N(Cc2ccc(C(=O)CN)cn2)c2cccc(F)c2)CC1.CCN1CCN(C(=O)N(Cc2ccc(C(=O)OC)cn2)c2cccc(F)c2)CC1. The molecular formula is C42H51F2N9O5. The van der Waals surface area contributed by atoms with E-state index in [-0.39, 0.29) is 37.5 Å². The number of rotatable bonds is 11. The molecule has 2 aliphatic rings. The summed E-state index contributed by atoms with van der Waals surface area (Å²) in [7, 11) is 1.30. The van der Waals surface area contributed by atoms with Crippen molar-refractivity contribution in [1.82, 2.24) is 29.6 Å². The number of halogens is 2. The van der Waals surface area contributed by atoms with Crippen LogP contribution >= 0.6 is 0 Å². The summed E-state index contributed by atoms with van der Waals surface area (Å²) in [4.78, 5) is 69.5. The number of piperazine rings is 2. The van der Waals surface area contributed by atoms with E-state index in [1.807, 2.05) is 0 Å². The molecule has 0 atom stereocenters. The Bertz CT molecular complexity index is 1840. The Labute approximate surface area is 337 Å². The number of urea groups is 2. The van der Waals surface area contributed by atoms with E-state index in [1.165, 1.54) is 53.6 Å². The molecule has 0 saturated carbocycles. The molecule has 0 spiro atoms. The first-order chi connectivity index (χ1) is 28.0. The lowest BCUT2D eigenvalue weighted by atomic mass is 10.1. The number of ether oxygens (including phenoxy) is 1. The number of amides is 4. The first-order valence-electron chi connectivity index (χ1n) is 19.3. The second-order valence-electron chi connectivity index (χ2n) is 13.7. The molecule has 2 saturated heterocycles. The smallest absolute Gasteiger partial charge is 0.339 e. The van der Waals surface area contributed by atoms with Gasteiger partial charge in [0.2, 0.25) is 0 Å². The Hall–Kier alpha value is -5.84. The molecule has 16 heteroatoms. The van der Waals surface area contributed by atoms with Crippen molar-refractivity contribution in [2.24, 2.45) is 5.73 Å². The van der Waals surface area contributed by atoms with Gasteiger partial charge in [0.15, 0.2) is 5.78 Å². The van der Waals surface area contributed by atoms with E-state index in [1.54, 1.807) is 58.3 Å². The summed E-state index contributed by atoms with van der Waals surface area (Å²) >= 11 is 0. The van der Waals surface area contributed by atoms with Crippen molar-refractivity contribution in [2.45, 2.75) is 26.9 Å². The number of methoxy groups -OCH3 is 1. The zero-order valence-electron chi connectivity index (χ0n) is 33.2. The number of esters is 1. The van der Waals surface area contributed by atoms with Crippen LogP contribution in [0.2, 0.25) is 0 Å². The maximum Gasteiger partial charge on any atom is 0.339 e.